The van der Waals surface area contributed by atoms with Crippen molar-refractivity contribution in [2.24, 2.45) is 0 Å². The molecule has 6 nitrogen and oxygen atoms in total. The maximum absolute atomic E-state index is 12.9. The molecule has 142 valence electrons. The molecule has 0 unspecified atom stereocenters. The summed E-state index contributed by atoms with van der Waals surface area (Å²) in [5, 5.41) is 0. The predicted molar refractivity (Wildman–Crippen MR) is 99.4 cm³/mol. The Hall–Kier alpha value is -3.15. The molecule has 2 rings (SSSR count). The van der Waals surface area contributed by atoms with Crippen LogP contribution in [0.5, 0.6) is 11.5 Å². The third-order valence-corrected chi connectivity index (χ3v) is 3.94. The summed E-state index contributed by atoms with van der Waals surface area (Å²) in [4.78, 5) is 36.6. The van der Waals surface area contributed by atoms with Crippen LogP contribution in [0.15, 0.2) is 42.5 Å². The smallest absolute Gasteiger partial charge is 0.313 e. The number of hydrogen-bond acceptors (Lipinski definition) is 6. The molecule has 0 spiro atoms. The van der Waals surface area contributed by atoms with Crippen LogP contribution in [-0.4, -0.2) is 38.4 Å². The number of methoxy groups -OCH3 is 2. The molecule has 0 fully saturated rings. The number of ketones is 2. The fourth-order valence-electron chi connectivity index (χ4n) is 2.61. The van der Waals surface area contributed by atoms with Crippen molar-refractivity contribution >= 4 is 17.5 Å². The van der Waals surface area contributed by atoms with Gasteiger partial charge in [-0.05, 0) is 55.0 Å². The van der Waals surface area contributed by atoms with Crippen LogP contribution in [-0.2, 0) is 20.7 Å². The summed E-state index contributed by atoms with van der Waals surface area (Å²) in [5.74, 6) is 0.0458. The van der Waals surface area contributed by atoms with Gasteiger partial charge in [0.25, 0.3) is 0 Å². The van der Waals surface area contributed by atoms with Gasteiger partial charge in [-0.2, -0.15) is 0 Å². The van der Waals surface area contributed by atoms with Crippen molar-refractivity contribution in [1.82, 2.24) is 0 Å². The molecule has 2 aromatic carbocycles. The standard InChI is InChI=1S/C21H22O6/c1-4-27-20(23)13-16(22)11-15-12-18(26-3)9-10-19(15)21(24)14-5-7-17(25-2)8-6-14/h5-10,12H,4,11,13H2,1-3H3. The average Bonchev–Trinajstić information content (AvgIpc) is 2.67. The molecular formula is C21H22O6. The lowest BCUT2D eigenvalue weighted by atomic mass is 9.94. The average molecular weight is 370 g/mol. The van der Waals surface area contributed by atoms with Gasteiger partial charge in [0.15, 0.2) is 5.78 Å². The van der Waals surface area contributed by atoms with Gasteiger partial charge in [0.1, 0.15) is 23.7 Å². The first-order chi connectivity index (χ1) is 13.0. The summed E-state index contributed by atoms with van der Waals surface area (Å²) in [7, 11) is 3.05. The van der Waals surface area contributed by atoms with Crippen LogP contribution < -0.4 is 9.47 Å². The first-order valence-corrected chi connectivity index (χ1v) is 8.51. The van der Waals surface area contributed by atoms with E-state index >= 15 is 0 Å². The second kappa shape index (κ2) is 9.52. The first-order valence-electron chi connectivity index (χ1n) is 8.51. The molecule has 0 aliphatic rings. The molecule has 0 radical (unpaired) electrons. The molecule has 0 aliphatic carbocycles. The van der Waals surface area contributed by atoms with Gasteiger partial charge in [0, 0.05) is 17.5 Å². The third-order valence-electron chi connectivity index (χ3n) is 3.94. The Morgan fingerprint density at radius 1 is 0.889 bits per heavy atom. The quantitative estimate of drug-likeness (QED) is 0.384. The van der Waals surface area contributed by atoms with E-state index in [0.717, 1.165) is 0 Å². The van der Waals surface area contributed by atoms with Crippen molar-refractivity contribution in [3.05, 3.63) is 59.2 Å². The van der Waals surface area contributed by atoms with E-state index in [2.05, 4.69) is 0 Å². The van der Waals surface area contributed by atoms with Crippen LogP contribution in [0.1, 0.15) is 34.8 Å². The molecule has 0 N–H and O–H groups in total. The van der Waals surface area contributed by atoms with Gasteiger partial charge >= 0.3 is 5.97 Å². The second-order valence-corrected chi connectivity index (χ2v) is 5.78. The number of ether oxygens (including phenoxy) is 3. The Morgan fingerprint density at radius 3 is 2.11 bits per heavy atom. The van der Waals surface area contributed by atoms with Gasteiger partial charge in [-0.3, -0.25) is 14.4 Å². The summed E-state index contributed by atoms with van der Waals surface area (Å²) in [5.41, 5.74) is 1.36. The zero-order chi connectivity index (χ0) is 19.8. The van der Waals surface area contributed by atoms with Crippen molar-refractivity contribution in [3.63, 3.8) is 0 Å². The molecule has 0 aromatic heterocycles. The summed E-state index contributed by atoms with van der Waals surface area (Å²) in [6.07, 6.45) is -0.394. The Balaban J connectivity index is 2.28. The summed E-state index contributed by atoms with van der Waals surface area (Å²) in [6.45, 7) is 1.89. The van der Waals surface area contributed by atoms with E-state index in [9.17, 15) is 14.4 Å². The maximum Gasteiger partial charge on any atom is 0.313 e. The first kappa shape index (κ1) is 20.2. The molecule has 0 saturated carbocycles. The van der Waals surface area contributed by atoms with Crippen LogP contribution >= 0.6 is 0 Å². The second-order valence-electron chi connectivity index (χ2n) is 5.78. The van der Waals surface area contributed by atoms with Gasteiger partial charge in [-0.25, -0.2) is 0 Å². The predicted octanol–water partition coefficient (Wildman–Crippen LogP) is 3.00. The van der Waals surface area contributed by atoms with E-state index in [4.69, 9.17) is 14.2 Å². The van der Waals surface area contributed by atoms with Crippen LogP contribution in [0, 0.1) is 0 Å². The van der Waals surface area contributed by atoms with Gasteiger partial charge < -0.3 is 14.2 Å². The fourth-order valence-corrected chi connectivity index (χ4v) is 2.61. The topological polar surface area (TPSA) is 78.9 Å². The van der Waals surface area contributed by atoms with E-state index in [1.54, 1.807) is 56.5 Å². The highest BCUT2D eigenvalue weighted by molar-refractivity contribution is 6.11. The molecular weight excluding hydrogens is 348 g/mol. The van der Waals surface area contributed by atoms with E-state index in [-0.39, 0.29) is 31.0 Å². The normalized spacial score (nSPS) is 10.2. The lowest BCUT2D eigenvalue weighted by Gasteiger charge is -2.11. The summed E-state index contributed by atoms with van der Waals surface area (Å²) < 4.78 is 15.1. The Labute approximate surface area is 158 Å². The van der Waals surface area contributed by atoms with Gasteiger partial charge in [0.05, 0.1) is 20.8 Å². The zero-order valence-corrected chi connectivity index (χ0v) is 15.6. The minimum atomic E-state index is -0.576. The van der Waals surface area contributed by atoms with Gasteiger partial charge in [0.2, 0.25) is 0 Å². The van der Waals surface area contributed by atoms with E-state index in [1.165, 1.54) is 7.11 Å². The van der Waals surface area contributed by atoms with Crippen molar-refractivity contribution in [2.45, 2.75) is 19.8 Å². The summed E-state index contributed by atoms with van der Waals surface area (Å²) >= 11 is 0. The lowest BCUT2D eigenvalue weighted by molar-refractivity contribution is -0.145. The van der Waals surface area contributed by atoms with Gasteiger partial charge in [-0.15, -0.1) is 0 Å². The molecule has 27 heavy (non-hydrogen) atoms. The van der Waals surface area contributed by atoms with Crippen molar-refractivity contribution in [1.29, 1.82) is 0 Å². The highest BCUT2D eigenvalue weighted by Crippen LogP contribution is 2.23. The van der Waals surface area contributed by atoms with E-state index in [0.29, 0.717) is 28.2 Å². The highest BCUT2D eigenvalue weighted by Gasteiger charge is 2.18. The molecule has 0 aliphatic heterocycles. The van der Waals surface area contributed by atoms with Crippen LogP contribution in [0.2, 0.25) is 0 Å². The minimum absolute atomic E-state index is 0.0623. The molecule has 0 amide bonds. The van der Waals surface area contributed by atoms with Crippen LogP contribution in [0.3, 0.4) is 0 Å². The number of carbonyl (C=O) groups excluding carboxylic acids is 3. The van der Waals surface area contributed by atoms with Crippen LogP contribution in [0.25, 0.3) is 0 Å². The number of Topliss-reactive ketones (excluding diaryl/α,β-unsaturated/α-hetero) is 1. The van der Waals surface area contributed by atoms with Crippen molar-refractivity contribution < 1.29 is 28.6 Å². The third kappa shape index (κ3) is 5.41. The maximum atomic E-state index is 12.9. The molecule has 6 heteroatoms. The van der Waals surface area contributed by atoms with E-state index < -0.39 is 5.97 Å². The van der Waals surface area contributed by atoms with Crippen LogP contribution in [0.4, 0.5) is 0 Å². The minimum Gasteiger partial charge on any atom is -0.497 e. The van der Waals surface area contributed by atoms with Crippen molar-refractivity contribution in [2.75, 3.05) is 20.8 Å². The highest BCUT2D eigenvalue weighted by atomic mass is 16.5. The molecule has 0 bridgehead atoms. The van der Waals surface area contributed by atoms with E-state index in [1.807, 2.05) is 0 Å². The monoisotopic (exact) mass is 370 g/mol. The number of carbonyl (C=O) groups is 3. The lowest BCUT2D eigenvalue weighted by Crippen LogP contribution is -2.15. The Kier molecular flexibility index (Phi) is 7.11. The number of rotatable bonds is 9. The zero-order valence-electron chi connectivity index (χ0n) is 15.6. The largest absolute Gasteiger partial charge is 0.497 e. The van der Waals surface area contributed by atoms with Gasteiger partial charge in [-0.1, -0.05) is 0 Å². The van der Waals surface area contributed by atoms with Crippen molar-refractivity contribution in [3.8, 4) is 11.5 Å². The Bertz CT molecular complexity index is 823. The summed E-state index contributed by atoms with van der Waals surface area (Å²) in [6, 6.07) is 11.6. The Morgan fingerprint density at radius 2 is 1.52 bits per heavy atom. The molecule has 0 heterocycles. The number of hydrogen-bond donors (Lipinski definition) is 0. The SMILES string of the molecule is CCOC(=O)CC(=O)Cc1cc(OC)ccc1C(=O)c1ccc(OC)cc1. The molecule has 2 aromatic rings. The fraction of sp³-hybridized carbons (Fsp3) is 0.286. The molecule has 0 saturated heterocycles. The molecule has 0 atom stereocenters. The number of esters is 1. The number of benzene rings is 2.